The van der Waals surface area contributed by atoms with E-state index in [0.29, 0.717) is 5.56 Å². The van der Waals surface area contributed by atoms with Crippen molar-refractivity contribution in [2.75, 3.05) is 5.32 Å². The zero-order valence-corrected chi connectivity index (χ0v) is 12.7. The Balaban J connectivity index is 1.70. The molecule has 1 amide bonds. The molecule has 0 atom stereocenters. The Hall–Kier alpha value is -2.55. The van der Waals surface area contributed by atoms with Crippen LogP contribution < -0.4 is 5.32 Å². The second-order valence-electron chi connectivity index (χ2n) is 5.53. The maximum Gasteiger partial charge on any atom is 0.255 e. The highest BCUT2D eigenvalue weighted by atomic mass is 16.1. The lowest BCUT2D eigenvalue weighted by molar-refractivity contribution is 0.102. The predicted molar refractivity (Wildman–Crippen MR) is 91.3 cm³/mol. The zero-order chi connectivity index (χ0) is 15.4. The second kappa shape index (κ2) is 6.48. The molecule has 3 nitrogen and oxygen atoms in total. The summed E-state index contributed by atoms with van der Waals surface area (Å²) >= 11 is 0. The molecular weight excluding hydrogens is 272 g/mol. The fourth-order valence-electron chi connectivity index (χ4n) is 2.53. The van der Waals surface area contributed by atoms with Gasteiger partial charge in [0.15, 0.2) is 0 Å². The molecule has 1 aromatic heterocycles. The average molecular weight is 292 g/mol. The molecule has 0 bridgehead atoms. The lowest BCUT2D eigenvalue weighted by Gasteiger charge is -2.07. The molecule has 0 fully saturated rings. The summed E-state index contributed by atoms with van der Waals surface area (Å²) in [4.78, 5) is 15.4. The molecule has 0 aliphatic carbocycles. The van der Waals surface area contributed by atoms with Gasteiger partial charge in [-0.25, -0.2) is 0 Å². The topological polar surface area (TPSA) is 44.9 Å². The first-order chi connectivity index (χ1) is 10.8. The quantitative estimate of drug-likeness (QED) is 0.699. The Bertz CT molecular complexity index is 771. The largest absolute Gasteiger partial charge is 0.361 e. The molecule has 3 heteroatoms. The minimum atomic E-state index is -0.0854. The molecule has 1 heterocycles. The summed E-state index contributed by atoms with van der Waals surface area (Å²) in [6.07, 6.45) is 5.36. The number of aromatic amines is 1. The first kappa shape index (κ1) is 14.4. The minimum Gasteiger partial charge on any atom is -0.361 e. The fourth-order valence-corrected chi connectivity index (χ4v) is 2.53. The van der Waals surface area contributed by atoms with Gasteiger partial charge in [0.25, 0.3) is 5.91 Å². The van der Waals surface area contributed by atoms with Crippen LogP contribution in [0.2, 0.25) is 0 Å². The first-order valence-electron chi connectivity index (χ1n) is 7.73. The number of anilines is 1. The smallest absolute Gasteiger partial charge is 0.255 e. The van der Waals surface area contributed by atoms with Crippen molar-refractivity contribution in [3.8, 4) is 0 Å². The molecule has 3 rings (SSSR count). The van der Waals surface area contributed by atoms with Crippen molar-refractivity contribution in [2.45, 2.75) is 26.2 Å². The SMILES string of the molecule is CCCCc1ccc(NC(=O)c2ccc3cc[nH]c3c2)cc1. The van der Waals surface area contributed by atoms with Crippen LogP contribution in [0.3, 0.4) is 0 Å². The Kier molecular flexibility index (Phi) is 4.24. The van der Waals surface area contributed by atoms with E-state index in [1.54, 1.807) is 0 Å². The van der Waals surface area contributed by atoms with Crippen molar-refractivity contribution in [2.24, 2.45) is 0 Å². The normalized spacial score (nSPS) is 10.8. The van der Waals surface area contributed by atoms with Crippen molar-refractivity contribution in [1.82, 2.24) is 4.98 Å². The maximum atomic E-state index is 12.3. The van der Waals surface area contributed by atoms with Crippen molar-refractivity contribution in [3.63, 3.8) is 0 Å². The van der Waals surface area contributed by atoms with E-state index in [4.69, 9.17) is 0 Å². The van der Waals surface area contributed by atoms with Gasteiger partial charge in [-0.05, 0) is 54.1 Å². The van der Waals surface area contributed by atoms with Crippen molar-refractivity contribution in [3.05, 3.63) is 65.9 Å². The summed E-state index contributed by atoms with van der Waals surface area (Å²) in [5.41, 5.74) is 3.78. The number of benzene rings is 2. The van der Waals surface area contributed by atoms with Crippen molar-refractivity contribution < 1.29 is 4.79 Å². The molecule has 22 heavy (non-hydrogen) atoms. The summed E-state index contributed by atoms with van der Waals surface area (Å²) in [6.45, 7) is 2.19. The van der Waals surface area contributed by atoms with E-state index < -0.39 is 0 Å². The van der Waals surface area contributed by atoms with Crippen LogP contribution in [-0.4, -0.2) is 10.9 Å². The van der Waals surface area contributed by atoms with E-state index in [1.165, 1.54) is 18.4 Å². The van der Waals surface area contributed by atoms with Crippen molar-refractivity contribution in [1.29, 1.82) is 0 Å². The lowest BCUT2D eigenvalue weighted by Crippen LogP contribution is -2.11. The third-order valence-corrected chi connectivity index (χ3v) is 3.85. The van der Waals surface area contributed by atoms with Crippen LogP contribution in [0.1, 0.15) is 35.7 Å². The van der Waals surface area contributed by atoms with Gasteiger partial charge >= 0.3 is 0 Å². The molecular formula is C19H20N2O. The van der Waals surface area contributed by atoms with Crippen LogP contribution in [0.5, 0.6) is 0 Å². The number of H-pyrrole nitrogens is 1. The van der Waals surface area contributed by atoms with Gasteiger partial charge in [-0.2, -0.15) is 0 Å². The van der Waals surface area contributed by atoms with Gasteiger partial charge in [0.1, 0.15) is 0 Å². The number of hydrogen-bond donors (Lipinski definition) is 2. The van der Waals surface area contributed by atoms with E-state index >= 15 is 0 Å². The number of hydrogen-bond acceptors (Lipinski definition) is 1. The molecule has 0 aliphatic heterocycles. The van der Waals surface area contributed by atoms with Crippen LogP contribution >= 0.6 is 0 Å². The summed E-state index contributed by atoms with van der Waals surface area (Å²) in [6, 6.07) is 15.8. The Labute approximate surface area is 130 Å². The number of nitrogens with one attached hydrogen (secondary N) is 2. The molecule has 0 radical (unpaired) electrons. The molecule has 0 spiro atoms. The monoisotopic (exact) mass is 292 g/mol. The summed E-state index contributed by atoms with van der Waals surface area (Å²) in [7, 11) is 0. The number of carbonyl (C=O) groups excluding carboxylic acids is 1. The van der Waals surface area contributed by atoms with Gasteiger partial charge in [0.2, 0.25) is 0 Å². The number of carbonyl (C=O) groups is 1. The molecule has 0 aliphatic rings. The first-order valence-corrected chi connectivity index (χ1v) is 7.73. The van der Waals surface area contributed by atoms with Crippen LogP contribution in [0, 0.1) is 0 Å². The third-order valence-electron chi connectivity index (χ3n) is 3.85. The number of amides is 1. The highest BCUT2D eigenvalue weighted by molar-refractivity contribution is 6.06. The Morgan fingerprint density at radius 3 is 2.68 bits per heavy atom. The van der Waals surface area contributed by atoms with Gasteiger partial charge in [-0.3, -0.25) is 4.79 Å². The third kappa shape index (κ3) is 3.19. The molecule has 0 unspecified atom stereocenters. The number of unbranched alkanes of at least 4 members (excludes halogenated alkanes) is 1. The minimum absolute atomic E-state index is 0.0854. The number of fused-ring (bicyclic) bond motifs is 1. The van der Waals surface area contributed by atoms with E-state index in [0.717, 1.165) is 23.0 Å². The number of rotatable bonds is 5. The van der Waals surface area contributed by atoms with E-state index in [2.05, 4.69) is 29.4 Å². The Morgan fingerprint density at radius 1 is 1.09 bits per heavy atom. The van der Waals surface area contributed by atoms with Gasteiger partial charge in [0, 0.05) is 23.0 Å². The summed E-state index contributed by atoms with van der Waals surface area (Å²) < 4.78 is 0. The zero-order valence-electron chi connectivity index (χ0n) is 12.7. The summed E-state index contributed by atoms with van der Waals surface area (Å²) in [5.74, 6) is -0.0854. The molecule has 0 saturated heterocycles. The van der Waals surface area contributed by atoms with Crippen molar-refractivity contribution >= 4 is 22.5 Å². The predicted octanol–water partition coefficient (Wildman–Crippen LogP) is 4.76. The van der Waals surface area contributed by atoms with Gasteiger partial charge in [-0.15, -0.1) is 0 Å². The fraction of sp³-hybridized carbons (Fsp3) is 0.211. The van der Waals surface area contributed by atoms with Crippen LogP contribution in [0.15, 0.2) is 54.7 Å². The standard InChI is InChI=1S/C19H20N2O/c1-2-3-4-14-5-9-17(10-6-14)21-19(22)16-8-7-15-11-12-20-18(15)13-16/h5-13,20H,2-4H2,1H3,(H,21,22). The van der Waals surface area contributed by atoms with Crippen LogP contribution in [0.4, 0.5) is 5.69 Å². The van der Waals surface area contributed by atoms with Crippen LogP contribution in [-0.2, 0) is 6.42 Å². The summed E-state index contributed by atoms with van der Waals surface area (Å²) in [5, 5.41) is 4.05. The maximum absolute atomic E-state index is 12.3. The highest BCUT2D eigenvalue weighted by Crippen LogP contribution is 2.17. The van der Waals surface area contributed by atoms with Gasteiger partial charge < -0.3 is 10.3 Å². The van der Waals surface area contributed by atoms with E-state index in [1.807, 2.05) is 42.6 Å². The number of aromatic nitrogens is 1. The van der Waals surface area contributed by atoms with E-state index in [9.17, 15) is 4.79 Å². The molecule has 2 N–H and O–H groups in total. The molecule has 112 valence electrons. The molecule has 3 aromatic rings. The van der Waals surface area contributed by atoms with E-state index in [-0.39, 0.29) is 5.91 Å². The molecule has 2 aromatic carbocycles. The molecule has 0 saturated carbocycles. The highest BCUT2D eigenvalue weighted by Gasteiger charge is 2.07. The van der Waals surface area contributed by atoms with Crippen LogP contribution in [0.25, 0.3) is 10.9 Å². The van der Waals surface area contributed by atoms with Gasteiger partial charge in [-0.1, -0.05) is 31.5 Å². The lowest BCUT2D eigenvalue weighted by atomic mass is 10.1. The number of aryl methyl sites for hydroxylation is 1. The Morgan fingerprint density at radius 2 is 1.91 bits per heavy atom. The van der Waals surface area contributed by atoms with Gasteiger partial charge in [0.05, 0.1) is 0 Å². The average Bonchev–Trinajstić information content (AvgIpc) is 3.01. The second-order valence-corrected chi connectivity index (χ2v) is 5.53.